The van der Waals surface area contributed by atoms with Gasteiger partial charge >= 0.3 is 7.12 Å². The summed E-state index contributed by atoms with van der Waals surface area (Å²) in [5.74, 6) is 1.92. The molecular formula is C62H42BBrN4O2S2. The van der Waals surface area contributed by atoms with Crippen LogP contribution >= 0.6 is 38.6 Å². The second-order valence-electron chi connectivity index (χ2n) is 17.3. The molecule has 10 heteroatoms. The van der Waals surface area contributed by atoms with Crippen LogP contribution in [0.4, 0.5) is 0 Å². The molecule has 0 saturated carbocycles. The lowest BCUT2D eigenvalue weighted by atomic mass is 9.80. The highest BCUT2D eigenvalue weighted by Gasteiger charge is 2.19. The topological polar surface area (TPSA) is 76.1 Å². The number of aromatic nitrogens is 4. The Kier molecular flexibility index (Phi) is 12.4. The summed E-state index contributed by atoms with van der Waals surface area (Å²) in [4.78, 5) is 9.84. The van der Waals surface area contributed by atoms with Crippen LogP contribution in [0.5, 0.6) is 0 Å². The summed E-state index contributed by atoms with van der Waals surface area (Å²) in [7, 11) is -1.41. The average molecular weight is 1030 g/mol. The van der Waals surface area contributed by atoms with Gasteiger partial charge in [0.15, 0.2) is 0 Å². The molecule has 344 valence electrons. The predicted octanol–water partition coefficient (Wildman–Crippen LogP) is 15.9. The highest BCUT2D eigenvalue weighted by Crippen LogP contribution is 2.41. The van der Waals surface area contributed by atoms with E-state index in [-0.39, 0.29) is 0 Å². The minimum atomic E-state index is -1.41. The van der Waals surface area contributed by atoms with E-state index in [1.807, 2.05) is 78.1 Å². The fourth-order valence-electron chi connectivity index (χ4n) is 9.46. The van der Waals surface area contributed by atoms with Crippen molar-refractivity contribution in [2.45, 2.75) is 0 Å². The molecule has 0 amide bonds. The number of fused-ring (bicyclic) bond motifs is 8. The number of nitrogens with zero attached hydrogens (tertiary/aromatic N) is 4. The van der Waals surface area contributed by atoms with Crippen LogP contribution in [-0.4, -0.2) is 36.3 Å². The zero-order chi connectivity index (χ0) is 48.5. The summed E-state index contributed by atoms with van der Waals surface area (Å²) in [6, 6.07) is 83.5. The van der Waals surface area contributed by atoms with Crippen LogP contribution in [0.1, 0.15) is 0 Å². The molecule has 0 fully saturated rings. The monoisotopic (exact) mass is 1030 g/mol. The van der Waals surface area contributed by atoms with Gasteiger partial charge in [-0.1, -0.05) is 186 Å². The molecule has 4 aromatic heterocycles. The quantitative estimate of drug-likeness (QED) is 0.163. The lowest BCUT2D eigenvalue weighted by molar-refractivity contribution is 0.426. The van der Waals surface area contributed by atoms with Gasteiger partial charge in [0, 0.05) is 61.9 Å². The molecule has 6 nitrogen and oxygen atoms in total. The molecule has 0 bridgehead atoms. The van der Waals surface area contributed by atoms with Gasteiger partial charge in [0.05, 0.1) is 22.1 Å². The molecule has 0 atom stereocenters. The van der Waals surface area contributed by atoms with Crippen LogP contribution in [0.25, 0.3) is 108 Å². The third-order valence-corrected chi connectivity index (χ3v) is 15.8. The van der Waals surface area contributed by atoms with Crippen molar-refractivity contribution in [3.63, 3.8) is 0 Å². The zero-order valence-electron chi connectivity index (χ0n) is 38.5. The van der Waals surface area contributed by atoms with E-state index in [4.69, 9.17) is 9.97 Å². The first-order valence-electron chi connectivity index (χ1n) is 23.6. The van der Waals surface area contributed by atoms with Gasteiger partial charge < -0.3 is 10.0 Å². The van der Waals surface area contributed by atoms with Gasteiger partial charge in [0.25, 0.3) is 0 Å². The van der Waals surface area contributed by atoms with E-state index in [0.717, 1.165) is 70.8 Å². The number of rotatable bonds is 6. The smallest absolute Gasteiger partial charge is 0.423 e. The van der Waals surface area contributed by atoms with Crippen molar-refractivity contribution in [1.82, 2.24) is 19.1 Å². The van der Waals surface area contributed by atoms with Crippen LogP contribution in [-0.2, 0) is 0 Å². The van der Waals surface area contributed by atoms with E-state index < -0.39 is 7.12 Å². The van der Waals surface area contributed by atoms with Crippen LogP contribution in [0.3, 0.4) is 0 Å². The second-order valence-corrected chi connectivity index (χ2v) is 20.3. The molecule has 14 aromatic rings. The number of para-hydroxylation sites is 6. The Balaban J connectivity index is 0.000000120. The third kappa shape index (κ3) is 8.59. The van der Waals surface area contributed by atoms with Crippen molar-refractivity contribution in [3.05, 3.63) is 247 Å². The Bertz CT molecular complexity index is 4210. The van der Waals surface area contributed by atoms with Crippen LogP contribution in [0.15, 0.2) is 247 Å². The Hall–Kier alpha value is -7.96. The van der Waals surface area contributed by atoms with Gasteiger partial charge in [0.2, 0.25) is 0 Å². The SMILES string of the molecule is Brc1ccc(-c2nc3ccccc3n2-c2ccccc2)cc1.OB(O)c1cccc2c1sc1ccccc12.c1ccc(-n2c(-c3ccc(-c4cccc5c4sc4ccccc45)cc3)nc3ccccc32)cc1. The molecule has 0 aliphatic carbocycles. The summed E-state index contributed by atoms with van der Waals surface area (Å²) in [6.45, 7) is 0. The molecule has 10 aromatic carbocycles. The number of halogens is 1. The van der Waals surface area contributed by atoms with E-state index in [1.165, 1.54) is 41.4 Å². The molecule has 0 spiro atoms. The lowest BCUT2D eigenvalue weighted by Crippen LogP contribution is -2.29. The summed E-state index contributed by atoms with van der Waals surface area (Å²) in [5, 5.41) is 23.5. The minimum absolute atomic E-state index is 0.582. The number of thiophene rings is 2. The average Bonchev–Trinajstić information content (AvgIpc) is 4.23. The maximum Gasteiger partial charge on any atom is 0.489 e. The summed E-state index contributed by atoms with van der Waals surface area (Å²) in [5.41, 5.74) is 11.8. The van der Waals surface area contributed by atoms with Crippen LogP contribution in [0, 0.1) is 0 Å². The van der Waals surface area contributed by atoms with Crippen molar-refractivity contribution in [3.8, 4) is 45.3 Å². The Labute approximate surface area is 432 Å². The van der Waals surface area contributed by atoms with Gasteiger partial charge in [-0.3, -0.25) is 9.13 Å². The number of hydrogen-bond acceptors (Lipinski definition) is 6. The Morgan fingerprint density at radius 2 is 0.792 bits per heavy atom. The van der Waals surface area contributed by atoms with Crippen molar-refractivity contribution in [2.75, 3.05) is 0 Å². The second kappa shape index (κ2) is 19.7. The van der Waals surface area contributed by atoms with E-state index in [2.05, 4.69) is 195 Å². The zero-order valence-corrected chi connectivity index (χ0v) is 41.8. The first-order chi connectivity index (χ1) is 35.5. The summed E-state index contributed by atoms with van der Waals surface area (Å²) < 4.78 is 10.3. The van der Waals surface area contributed by atoms with E-state index >= 15 is 0 Å². The maximum atomic E-state index is 9.31. The highest BCUT2D eigenvalue weighted by molar-refractivity contribution is 9.10. The first-order valence-corrected chi connectivity index (χ1v) is 26.0. The number of imidazole rings is 2. The molecule has 72 heavy (non-hydrogen) atoms. The van der Waals surface area contributed by atoms with E-state index in [0.29, 0.717) is 5.46 Å². The Morgan fingerprint density at radius 3 is 1.33 bits per heavy atom. The molecule has 4 heterocycles. The standard InChI is InChI=1S/C31H20N2S.C19H13BrN2.C12H9BO2S/c1-2-9-23(10-3-1)33-28-15-6-5-14-27(28)32-31(33)22-19-17-21(18-20-22)24-12-8-13-26-25-11-4-7-16-29(25)34-30(24)26;20-15-12-10-14(11-13-15)19-21-17-8-4-5-9-18(17)22(19)16-6-2-1-3-7-16;14-13(15)10-6-3-5-9-8-4-1-2-7-11(8)16-12(9)10/h1-20H;1-13H;1-7,14-15H. The van der Waals surface area contributed by atoms with Crippen molar-refractivity contribution in [1.29, 1.82) is 0 Å². The van der Waals surface area contributed by atoms with Crippen LogP contribution in [0.2, 0.25) is 0 Å². The number of benzene rings is 10. The molecule has 2 N–H and O–H groups in total. The van der Waals surface area contributed by atoms with Crippen LogP contribution < -0.4 is 5.46 Å². The summed E-state index contributed by atoms with van der Waals surface area (Å²) >= 11 is 6.96. The van der Waals surface area contributed by atoms with Crippen molar-refractivity contribution >= 4 is 114 Å². The molecule has 0 aliphatic rings. The first kappa shape index (κ1) is 45.2. The third-order valence-electron chi connectivity index (χ3n) is 12.8. The lowest BCUT2D eigenvalue weighted by Gasteiger charge is -2.10. The van der Waals surface area contributed by atoms with E-state index in [1.54, 1.807) is 17.4 Å². The van der Waals surface area contributed by atoms with E-state index in [9.17, 15) is 10.0 Å². The molecular weight excluding hydrogens is 988 g/mol. The van der Waals surface area contributed by atoms with Crippen molar-refractivity contribution < 1.29 is 10.0 Å². The highest BCUT2D eigenvalue weighted by atomic mass is 79.9. The molecule has 0 saturated heterocycles. The van der Waals surface area contributed by atoms with Gasteiger partial charge in [-0.15, -0.1) is 22.7 Å². The van der Waals surface area contributed by atoms with Gasteiger partial charge in [-0.2, -0.15) is 0 Å². The predicted molar refractivity (Wildman–Crippen MR) is 308 cm³/mol. The normalized spacial score (nSPS) is 11.3. The molecule has 0 aliphatic heterocycles. The molecule has 0 unspecified atom stereocenters. The number of hydrogen-bond donors (Lipinski definition) is 2. The fourth-order valence-corrected chi connectivity index (χ4v) is 12.2. The minimum Gasteiger partial charge on any atom is -0.423 e. The molecule has 0 radical (unpaired) electrons. The Morgan fingerprint density at radius 1 is 0.375 bits per heavy atom. The van der Waals surface area contributed by atoms with Gasteiger partial charge in [-0.05, 0) is 94.8 Å². The largest absolute Gasteiger partial charge is 0.489 e. The van der Waals surface area contributed by atoms with Crippen molar-refractivity contribution in [2.24, 2.45) is 0 Å². The maximum absolute atomic E-state index is 9.31. The van der Waals surface area contributed by atoms with Gasteiger partial charge in [-0.25, -0.2) is 9.97 Å². The fraction of sp³-hybridized carbons (Fsp3) is 0. The molecule has 14 rings (SSSR count). The summed E-state index contributed by atoms with van der Waals surface area (Å²) in [6.07, 6.45) is 0. The van der Waals surface area contributed by atoms with Gasteiger partial charge in [0.1, 0.15) is 11.6 Å².